The van der Waals surface area contributed by atoms with Gasteiger partial charge >= 0.3 is 0 Å². The SMILES string of the molecule is CC[C@H](Oc1ccc2c(c1)CCCC2)C(=O)N(C)Cc1nc(-c2ccccc2)no1. The average molecular weight is 405 g/mol. The molecule has 6 nitrogen and oxygen atoms in total. The summed E-state index contributed by atoms with van der Waals surface area (Å²) < 4.78 is 11.4. The van der Waals surface area contributed by atoms with Crippen LogP contribution in [-0.4, -0.2) is 34.1 Å². The van der Waals surface area contributed by atoms with Crippen LogP contribution in [0.25, 0.3) is 11.4 Å². The highest BCUT2D eigenvalue weighted by molar-refractivity contribution is 5.81. The summed E-state index contributed by atoms with van der Waals surface area (Å²) in [6, 6.07) is 15.8. The van der Waals surface area contributed by atoms with Gasteiger partial charge in [0.25, 0.3) is 5.91 Å². The summed E-state index contributed by atoms with van der Waals surface area (Å²) in [7, 11) is 1.73. The Morgan fingerprint density at radius 2 is 1.90 bits per heavy atom. The molecule has 0 fully saturated rings. The second kappa shape index (κ2) is 9.11. The quantitative estimate of drug-likeness (QED) is 0.582. The number of hydrogen-bond acceptors (Lipinski definition) is 5. The maximum Gasteiger partial charge on any atom is 0.263 e. The van der Waals surface area contributed by atoms with Crippen molar-refractivity contribution in [1.82, 2.24) is 15.0 Å². The lowest BCUT2D eigenvalue weighted by atomic mass is 9.92. The van der Waals surface area contributed by atoms with Gasteiger partial charge in [0, 0.05) is 12.6 Å². The topological polar surface area (TPSA) is 68.5 Å². The van der Waals surface area contributed by atoms with Crippen LogP contribution in [0.4, 0.5) is 0 Å². The molecule has 1 heterocycles. The van der Waals surface area contributed by atoms with E-state index in [0.29, 0.717) is 18.1 Å². The summed E-state index contributed by atoms with van der Waals surface area (Å²) in [5.41, 5.74) is 3.62. The van der Waals surface area contributed by atoms with E-state index < -0.39 is 6.10 Å². The molecule has 4 rings (SSSR count). The summed E-state index contributed by atoms with van der Waals surface area (Å²) in [6.07, 6.45) is 4.70. The highest BCUT2D eigenvalue weighted by Gasteiger charge is 2.24. The maximum absolute atomic E-state index is 13.0. The van der Waals surface area contributed by atoms with Crippen molar-refractivity contribution in [3.05, 3.63) is 65.5 Å². The van der Waals surface area contributed by atoms with E-state index in [1.54, 1.807) is 11.9 Å². The van der Waals surface area contributed by atoms with Crippen LogP contribution in [0.5, 0.6) is 5.75 Å². The molecule has 1 amide bonds. The minimum absolute atomic E-state index is 0.102. The molecule has 0 aliphatic heterocycles. The number of aryl methyl sites for hydroxylation is 2. The van der Waals surface area contributed by atoms with E-state index in [1.165, 1.54) is 24.0 Å². The first kappa shape index (κ1) is 20.1. The standard InChI is InChI=1S/C24H27N3O3/c1-3-21(29-20-14-13-17-9-7-8-12-19(17)15-20)24(28)27(2)16-22-25-23(26-30-22)18-10-5-4-6-11-18/h4-6,10-11,13-15,21H,3,7-9,12,16H2,1-2H3/t21-/m0/s1. The van der Waals surface area contributed by atoms with Gasteiger partial charge < -0.3 is 14.2 Å². The molecule has 0 saturated carbocycles. The number of amides is 1. The van der Waals surface area contributed by atoms with Crippen molar-refractivity contribution in [3.63, 3.8) is 0 Å². The summed E-state index contributed by atoms with van der Waals surface area (Å²) in [5, 5.41) is 4.02. The van der Waals surface area contributed by atoms with E-state index in [9.17, 15) is 4.79 Å². The Balaban J connectivity index is 1.40. The van der Waals surface area contributed by atoms with E-state index >= 15 is 0 Å². The largest absolute Gasteiger partial charge is 0.481 e. The average Bonchev–Trinajstić information content (AvgIpc) is 3.26. The number of carbonyl (C=O) groups is 1. The zero-order chi connectivity index (χ0) is 20.9. The molecule has 1 atom stereocenters. The van der Waals surface area contributed by atoms with Crippen LogP contribution in [0.3, 0.4) is 0 Å². The van der Waals surface area contributed by atoms with Crippen LogP contribution >= 0.6 is 0 Å². The highest BCUT2D eigenvalue weighted by atomic mass is 16.5. The molecule has 156 valence electrons. The molecule has 2 aromatic carbocycles. The Kier molecular flexibility index (Phi) is 6.12. The first-order valence-electron chi connectivity index (χ1n) is 10.6. The first-order chi connectivity index (χ1) is 14.6. The number of nitrogens with zero attached hydrogens (tertiary/aromatic N) is 3. The number of rotatable bonds is 7. The third-order valence-corrected chi connectivity index (χ3v) is 5.49. The fraction of sp³-hybridized carbons (Fsp3) is 0.375. The number of carbonyl (C=O) groups excluding carboxylic acids is 1. The van der Waals surface area contributed by atoms with Crippen molar-refractivity contribution in [2.45, 2.75) is 51.7 Å². The summed E-state index contributed by atoms with van der Waals surface area (Å²) in [4.78, 5) is 18.9. The molecule has 0 N–H and O–H groups in total. The fourth-order valence-electron chi connectivity index (χ4n) is 3.81. The molecule has 6 heteroatoms. The minimum atomic E-state index is -0.548. The monoisotopic (exact) mass is 405 g/mol. The summed E-state index contributed by atoms with van der Waals surface area (Å²) >= 11 is 0. The summed E-state index contributed by atoms with van der Waals surface area (Å²) in [6.45, 7) is 2.19. The molecule has 0 unspecified atom stereocenters. The third kappa shape index (κ3) is 4.53. The predicted octanol–water partition coefficient (Wildman–Crippen LogP) is 4.43. The van der Waals surface area contributed by atoms with Crippen LogP contribution in [0.2, 0.25) is 0 Å². The maximum atomic E-state index is 13.0. The molecule has 0 spiro atoms. The Morgan fingerprint density at radius 3 is 2.67 bits per heavy atom. The molecule has 30 heavy (non-hydrogen) atoms. The van der Waals surface area contributed by atoms with Gasteiger partial charge in [0.05, 0.1) is 6.54 Å². The van der Waals surface area contributed by atoms with Gasteiger partial charge in [-0.25, -0.2) is 0 Å². The zero-order valence-corrected chi connectivity index (χ0v) is 17.5. The molecule has 1 aliphatic rings. The Hall–Kier alpha value is -3.15. The van der Waals surface area contributed by atoms with E-state index in [0.717, 1.165) is 24.2 Å². The molecule has 0 saturated heterocycles. The Labute approximate surface area is 176 Å². The molecule has 0 bridgehead atoms. The number of ether oxygens (including phenoxy) is 1. The van der Waals surface area contributed by atoms with Crippen LogP contribution < -0.4 is 4.74 Å². The van der Waals surface area contributed by atoms with E-state index in [2.05, 4.69) is 22.3 Å². The number of benzene rings is 2. The lowest BCUT2D eigenvalue weighted by Gasteiger charge is -2.24. The van der Waals surface area contributed by atoms with Gasteiger partial charge in [-0.2, -0.15) is 4.98 Å². The van der Waals surface area contributed by atoms with E-state index in [4.69, 9.17) is 9.26 Å². The van der Waals surface area contributed by atoms with E-state index in [-0.39, 0.29) is 12.5 Å². The number of likely N-dealkylation sites (N-methyl/N-ethyl adjacent to an activating group) is 1. The van der Waals surface area contributed by atoms with Crippen molar-refractivity contribution in [2.24, 2.45) is 0 Å². The molecule has 1 aliphatic carbocycles. The normalized spacial score (nSPS) is 14.1. The van der Waals surface area contributed by atoms with Gasteiger partial charge in [-0.05, 0) is 55.4 Å². The van der Waals surface area contributed by atoms with Gasteiger partial charge in [0.1, 0.15) is 5.75 Å². The van der Waals surface area contributed by atoms with E-state index in [1.807, 2.05) is 43.3 Å². The number of fused-ring (bicyclic) bond motifs is 1. The second-order valence-corrected chi connectivity index (χ2v) is 7.72. The molecule has 0 radical (unpaired) electrons. The molecule has 1 aromatic heterocycles. The Morgan fingerprint density at radius 1 is 1.13 bits per heavy atom. The third-order valence-electron chi connectivity index (χ3n) is 5.49. The van der Waals surface area contributed by atoms with Crippen molar-refractivity contribution < 1.29 is 14.1 Å². The van der Waals surface area contributed by atoms with Crippen molar-refractivity contribution in [1.29, 1.82) is 0 Å². The van der Waals surface area contributed by atoms with Gasteiger partial charge in [-0.1, -0.05) is 48.5 Å². The first-order valence-corrected chi connectivity index (χ1v) is 10.6. The van der Waals surface area contributed by atoms with Gasteiger partial charge in [-0.15, -0.1) is 0 Å². The van der Waals surface area contributed by atoms with Crippen LogP contribution in [0.1, 0.15) is 43.2 Å². The smallest absolute Gasteiger partial charge is 0.263 e. The number of hydrogen-bond donors (Lipinski definition) is 0. The predicted molar refractivity (Wildman–Crippen MR) is 114 cm³/mol. The summed E-state index contributed by atoms with van der Waals surface area (Å²) in [5.74, 6) is 1.57. The van der Waals surface area contributed by atoms with Gasteiger partial charge in [0.15, 0.2) is 6.10 Å². The second-order valence-electron chi connectivity index (χ2n) is 7.72. The Bertz CT molecular complexity index is 1000. The molecule has 3 aromatic rings. The molecular formula is C24H27N3O3. The van der Waals surface area contributed by atoms with Gasteiger partial charge in [-0.3, -0.25) is 4.79 Å². The fourth-order valence-corrected chi connectivity index (χ4v) is 3.81. The van der Waals surface area contributed by atoms with Crippen LogP contribution in [0.15, 0.2) is 53.1 Å². The van der Waals surface area contributed by atoms with Crippen molar-refractivity contribution in [3.8, 4) is 17.1 Å². The van der Waals surface area contributed by atoms with Crippen molar-refractivity contribution in [2.75, 3.05) is 7.05 Å². The number of aromatic nitrogens is 2. The highest BCUT2D eigenvalue weighted by Crippen LogP contribution is 2.26. The zero-order valence-electron chi connectivity index (χ0n) is 17.5. The minimum Gasteiger partial charge on any atom is -0.481 e. The lowest BCUT2D eigenvalue weighted by molar-refractivity contribution is -0.138. The van der Waals surface area contributed by atoms with Gasteiger partial charge in [0.2, 0.25) is 11.7 Å². The molecular weight excluding hydrogens is 378 g/mol. The van der Waals surface area contributed by atoms with Crippen LogP contribution in [-0.2, 0) is 24.2 Å². The lowest BCUT2D eigenvalue weighted by Crippen LogP contribution is -2.39. The van der Waals surface area contributed by atoms with Crippen molar-refractivity contribution >= 4 is 5.91 Å². The van der Waals surface area contributed by atoms with Crippen LogP contribution in [0, 0.1) is 0 Å².